The molecule has 1 aromatic carbocycles. The lowest BCUT2D eigenvalue weighted by molar-refractivity contribution is 0.328. The zero-order valence-corrected chi connectivity index (χ0v) is 11.9. The van der Waals surface area contributed by atoms with Gasteiger partial charge in [0.15, 0.2) is 0 Å². The molecule has 6 heteroatoms. The molecule has 0 aromatic heterocycles. The molecule has 1 saturated heterocycles. The number of nitrogens with zero attached hydrogens (tertiary/aromatic N) is 1. The van der Waals surface area contributed by atoms with Crippen LogP contribution in [0, 0.1) is 0 Å². The van der Waals surface area contributed by atoms with Gasteiger partial charge in [-0.25, -0.2) is 8.42 Å². The molecule has 0 spiro atoms. The van der Waals surface area contributed by atoms with Crippen molar-refractivity contribution in [2.75, 3.05) is 19.7 Å². The first kappa shape index (κ1) is 14.3. The normalized spacial score (nSPS) is 20.6. The Morgan fingerprint density at radius 2 is 2.05 bits per heavy atom. The third-order valence-electron chi connectivity index (χ3n) is 3.31. The summed E-state index contributed by atoms with van der Waals surface area (Å²) in [6.07, 6.45) is 1.86. The van der Waals surface area contributed by atoms with Crippen LogP contribution in [-0.2, 0) is 10.0 Å². The van der Waals surface area contributed by atoms with Crippen molar-refractivity contribution in [2.45, 2.75) is 30.7 Å². The monoisotopic (exact) mass is 284 g/mol. The molecule has 2 N–H and O–H groups in total. The predicted octanol–water partition coefficient (Wildman–Crippen LogP) is 1.20. The van der Waals surface area contributed by atoms with Gasteiger partial charge in [0.1, 0.15) is 12.4 Å². The molecule has 19 heavy (non-hydrogen) atoms. The van der Waals surface area contributed by atoms with Gasteiger partial charge >= 0.3 is 0 Å². The second-order valence-corrected chi connectivity index (χ2v) is 6.61. The average molecular weight is 284 g/mol. The minimum absolute atomic E-state index is 0.0816. The molecule has 0 saturated carbocycles. The summed E-state index contributed by atoms with van der Waals surface area (Å²) in [5, 5.41) is 0. The second-order valence-electron chi connectivity index (χ2n) is 4.72. The maximum absolute atomic E-state index is 12.4. The molecule has 1 aliphatic heterocycles. The average Bonchev–Trinajstić information content (AvgIpc) is 2.84. The van der Waals surface area contributed by atoms with Gasteiger partial charge < -0.3 is 10.5 Å². The molecule has 1 fully saturated rings. The molecule has 2 rings (SSSR count). The van der Waals surface area contributed by atoms with E-state index < -0.39 is 10.0 Å². The van der Waals surface area contributed by atoms with E-state index in [0.717, 1.165) is 12.8 Å². The Labute approximate surface area is 114 Å². The fourth-order valence-electron chi connectivity index (χ4n) is 2.28. The Morgan fingerprint density at radius 1 is 1.37 bits per heavy atom. The molecule has 106 valence electrons. The fourth-order valence-corrected chi connectivity index (χ4v) is 3.98. The molecule has 5 nitrogen and oxygen atoms in total. The van der Waals surface area contributed by atoms with Crippen LogP contribution in [0.2, 0.25) is 0 Å². The summed E-state index contributed by atoms with van der Waals surface area (Å²) in [4.78, 5) is 0.321. The SMILES string of the molecule is CC1CCCN1S(=O)(=O)c1ccc(OCCN)cc1. The van der Waals surface area contributed by atoms with Crippen LogP contribution in [0.15, 0.2) is 29.2 Å². The van der Waals surface area contributed by atoms with Crippen molar-refractivity contribution in [3.63, 3.8) is 0 Å². The highest BCUT2D eigenvalue weighted by Crippen LogP contribution is 2.26. The van der Waals surface area contributed by atoms with Crippen LogP contribution in [0.3, 0.4) is 0 Å². The number of nitrogens with two attached hydrogens (primary N) is 1. The Morgan fingerprint density at radius 3 is 2.58 bits per heavy atom. The summed E-state index contributed by atoms with van der Waals surface area (Å²) >= 11 is 0. The van der Waals surface area contributed by atoms with E-state index >= 15 is 0 Å². The van der Waals surface area contributed by atoms with E-state index in [1.807, 2.05) is 6.92 Å². The van der Waals surface area contributed by atoms with Crippen LogP contribution in [0.4, 0.5) is 0 Å². The Kier molecular flexibility index (Phi) is 4.44. The smallest absolute Gasteiger partial charge is 0.243 e. The molecule has 1 aromatic rings. The van der Waals surface area contributed by atoms with E-state index in [9.17, 15) is 8.42 Å². The van der Waals surface area contributed by atoms with E-state index in [2.05, 4.69) is 0 Å². The van der Waals surface area contributed by atoms with E-state index in [4.69, 9.17) is 10.5 Å². The lowest BCUT2D eigenvalue weighted by Crippen LogP contribution is -2.33. The van der Waals surface area contributed by atoms with Crippen LogP contribution >= 0.6 is 0 Å². The van der Waals surface area contributed by atoms with Gasteiger partial charge in [-0.2, -0.15) is 4.31 Å². The molecule has 1 atom stereocenters. The van der Waals surface area contributed by atoms with Crippen LogP contribution in [0.1, 0.15) is 19.8 Å². The summed E-state index contributed by atoms with van der Waals surface area (Å²) in [5.74, 6) is 0.638. The molecule has 0 aliphatic carbocycles. The minimum Gasteiger partial charge on any atom is -0.492 e. The van der Waals surface area contributed by atoms with E-state index in [0.29, 0.717) is 30.3 Å². The molecule has 0 radical (unpaired) electrons. The molecule has 0 bridgehead atoms. The summed E-state index contributed by atoms with van der Waals surface area (Å²) in [6.45, 7) is 3.42. The summed E-state index contributed by atoms with van der Waals surface area (Å²) in [7, 11) is -3.37. The molecule has 0 amide bonds. The predicted molar refractivity (Wildman–Crippen MR) is 73.6 cm³/mol. The zero-order valence-electron chi connectivity index (χ0n) is 11.1. The van der Waals surface area contributed by atoms with Gasteiger partial charge in [0, 0.05) is 19.1 Å². The molecular weight excluding hydrogens is 264 g/mol. The van der Waals surface area contributed by atoms with Crippen LogP contribution in [0.5, 0.6) is 5.75 Å². The third kappa shape index (κ3) is 3.08. The zero-order chi connectivity index (χ0) is 13.9. The summed E-state index contributed by atoms with van der Waals surface area (Å²) < 4.78 is 31.8. The molecule has 1 aliphatic rings. The summed E-state index contributed by atoms with van der Waals surface area (Å²) in [5.41, 5.74) is 5.35. The lowest BCUT2D eigenvalue weighted by atomic mass is 10.3. The number of hydrogen-bond acceptors (Lipinski definition) is 4. The van der Waals surface area contributed by atoms with Gasteiger partial charge in [-0.05, 0) is 44.0 Å². The van der Waals surface area contributed by atoms with Gasteiger partial charge in [-0.1, -0.05) is 0 Å². The topological polar surface area (TPSA) is 72.6 Å². The quantitative estimate of drug-likeness (QED) is 0.881. The Hall–Kier alpha value is -1.11. The number of sulfonamides is 1. The van der Waals surface area contributed by atoms with Crippen molar-refractivity contribution >= 4 is 10.0 Å². The number of ether oxygens (including phenoxy) is 1. The number of rotatable bonds is 5. The van der Waals surface area contributed by atoms with Gasteiger partial charge in [0.2, 0.25) is 10.0 Å². The van der Waals surface area contributed by atoms with Crippen molar-refractivity contribution in [1.29, 1.82) is 0 Å². The Balaban J connectivity index is 2.16. The maximum Gasteiger partial charge on any atom is 0.243 e. The van der Waals surface area contributed by atoms with E-state index in [1.54, 1.807) is 28.6 Å². The van der Waals surface area contributed by atoms with Crippen molar-refractivity contribution in [3.05, 3.63) is 24.3 Å². The van der Waals surface area contributed by atoms with Crippen molar-refractivity contribution in [3.8, 4) is 5.75 Å². The standard InChI is InChI=1S/C13H20N2O3S/c1-11-3-2-9-15(11)19(16,17)13-6-4-12(5-7-13)18-10-8-14/h4-7,11H,2-3,8-10,14H2,1H3. The first-order chi connectivity index (χ1) is 9.05. The van der Waals surface area contributed by atoms with E-state index in [1.165, 1.54) is 0 Å². The van der Waals surface area contributed by atoms with Gasteiger partial charge in [-0.3, -0.25) is 0 Å². The molecule has 1 heterocycles. The van der Waals surface area contributed by atoms with Crippen molar-refractivity contribution in [1.82, 2.24) is 4.31 Å². The van der Waals surface area contributed by atoms with Crippen molar-refractivity contribution < 1.29 is 13.2 Å². The highest BCUT2D eigenvalue weighted by Gasteiger charge is 2.32. The van der Waals surface area contributed by atoms with E-state index in [-0.39, 0.29) is 6.04 Å². The van der Waals surface area contributed by atoms with Gasteiger partial charge in [0.25, 0.3) is 0 Å². The maximum atomic E-state index is 12.4. The lowest BCUT2D eigenvalue weighted by Gasteiger charge is -2.21. The first-order valence-electron chi connectivity index (χ1n) is 6.50. The van der Waals surface area contributed by atoms with Gasteiger partial charge in [0.05, 0.1) is 4.90 Å². The fraction of sp³-hybridized carbons (Fsp3) is 0.538. The largest absolute Gasteiger partial charge is 0.492 e. The third-order valence-corrected chi connectivity index (χ3v) is 5.34. The van der Waals surface area contributed by atoms with Crippen LogP contribution < -0.4 is 10.5 Å². The van der Waals surface area contributed by atoms with Crippen LogP contribution in [0.25, 0.3) is 0 Å². The van der Waals surface area contributed by atoms with Crippen molar-refractivity contribution in [2.24, 2.45) is 5.73 Å². The van der Waals surface area contributed by atoms with Gasteiger partial charge in [-0.15, -0.1) is 0 Å². The first-order valence-corrected chi connectivity index (χ1v) is 7.94. The highest BCUT2D eigenvalue weighted by molar-refractivity contribution is 7.89. The van der Waals surface area contributed by atoms with Crippen LogP contribution in [-0.4, -0.2) is 38.5 Å². The number of benzene rings is 1. The molecule has 1 unspecified atom stereocenters. The molecular formula is C13H20N2O3S. The Bertz CT molecular complexity index is 513. The minimum atomic E-state index is -3.37. The summed E-state index contributed by atoms with van der Waals surface area (Å²) in [6, 6.07) is 6.60. The number of hydrogen-bond donors (Lipinski definition) is 1. The second kappa shape index (κ2) is 5.90. The highest BCUT2D eigenvalue weighted by atomic mass is 32.2.